The Morgan fingerprint density at radius 2 is 1.85 bits per heavy atom. The van der Waals surface area contributed by atoms with Crippen LogP contribution in [-0.2, 0) is 6.18 Å². The number of methoxy groups -OCH3 is 1. The first kappa shape index (κ1) is 14.1. The first-order valence-electron chi connectivity index (χ1n) is 5.76. The standard InChI is InChI=1S/C15H11F3O2/c1-20-14-8-12(15(16,17)18)5-6-13(14)11-4-2-3-10(7-11)9-19/h2-9H,1H3. The average Bonchev–Trinajstić information content (AvgIpc) is 2.45. The highest BCUT2D eigenvalue weighted by atomic mass is 19.4. The van der Waals surface area contributed by atoms with Gasteiger partial charge in [0.1, 0.15) is 12.0 Å². The lowest BCUT2D eigenvalue weighted by atomic mass is 10.0. The molecule has 0 aromatic heterocycles. The van der Waals surface area contributed by atoms with Gasteiger partial charge in [0.25, 0.3) is 0 Å². The minimum Gasteiger partial charge on any atom is -0.496 e. The molecule has 104 valence electrons. The van der Waals surface area contributed by atoms with Crippen molar-refractivity contribution < 1.29 is 22.7 Å². The number of rotatable bonds is 3. The summed E-state index contributed by atoms with van der Waals surface area (Å²) in [6, 6.07) is 9.86. The van der Waals surface area contributed by atoms with E-state index in [1.54, 1.807) is 24.3 Å². The first-order chi connectivity index (χ1) is 9.45. The lowest BCUT2D eigenvalue weighted by Crippen LogP contribution is -2.05. The molecular formula is C15H11F3O2. The quantitative estimate of drug-likeness (QED) is 0.788. The lowest BCUT2D eigenvalue weighted by molar-refractivity contribution is -0.137. The highest BCUT2D eigenvalue weighted by Gasteiger charge is 2.31. The molecule has 5 heteroatoms. The van der Waals surface area contributed by atoms with Gasteiger partial charge in [-0.25, -0.2) is 0 Å². The van der Waals surface area contributed by atoms with Gasteiger partial charge in [-0.05, 0) is 23.8 Å². The molecule has 0 saturated heterocycles. The molecule has 20 heavy (non-hydrogen) atoms. The second-order valence-electron chi connectivity index (χ2n) is 4.16. The second kappa shape index (κ2) is 5.36. The van der Waals surface area contributed by atoms with Gasteiger partial charge in [-0.3, -0.25) is 4.79 Å². The lowest BCUT2D eigenvalue weighted by Gasteiger charge is -2.13. The van der Waals surface area contributed by atoms with Gasteiger partial charge in [0.2, 0.25) is 0 Å². The third-order valence-corrected chi connectivity index (χ3v) is 2.86. The van der Waals surface area contributed by atoms with Crippen LogP contribution < -0.4 is 4.74 Å². The van der Waals surface area contributed by atoms with Crippen LogP contribution >= 0.6 is 0 Å². The van der Waals surface area contributed by atoms with Crippen molar-refractivity contribution in [3.8, 4) is 16.9 Å². The summed E-state index contributed by atoms with van der Waals surface area (Å²) in [5.74, 6) is 0.114. The monoisotopic (exact) mass is 280 g/mol. The van der Waals surface area contributed by atoms with Crippen LogP contribution in [0.5, 0.6) is 5.75 Å². The second-order valence-corrected chi connectivity index (χ2v) is 4.16. The molecule has 0 unspecified atom stereocenters. The molecular weight excluding hydrogens is 269 g/mol. The minimum absolute atomic E-state index is 0.114. The molecule has 2 aromatic carbocycles. The molecule has 0 heterocycles. The maximum atomic E-state index is 12.7. The molecule has 0 atom stereocenters. The zero-order valence-corrected chi connectivity index (χ0v) is 10.6. The van der Waals surface area contributed by atoms with E-state index in [1.807, 2.05) is 0 Å². The number of alkyl halides is 3. The maximum Gasteiger partial charge on any atom is 0.416 e. The molecule has 0 fully saturated rings. The van der Waals surface area contributed by atoms with Crippen LogP contribution in [0, 0.1) is 0 Å². The Balaban J connectivity index is 2.54. The molecule has 0 aliphatic carbocycles. The van der Waals surface area contributed by atoms with Crippen LogP contribution in [0.3, 0.4) is 0 Å². The Morgan fingerprint density at radius 1 is 1.10 bits per heavy atom. The first-order valence-corrected chi connectivity index (χ1v) is 5.76. The summed E-state index contributed by atoms with van der Waals surface area (Å²) in [7, 11) is 1.31. The molecule has 0 N–H and O–H groups in total. The molecule has 0 aliphatic rings. The Hall–Kier alpha value is -2.30. The van der Waals surface area contributed by atoms with E-state index in [9.17, 15) is 18.0 Å². The summed E-state index contributed by atoms with van der Waals surface area (Å²) in [6.45, 7) is 0. The predicted molar refractivity (Wildman–Crippen MR) is 68.8 cm³/mol. The van der Waals surface area contributed by atoms with Gasteiger partial charge in [0.05, 0.1) is 12.7 Å². The van der Waals surface area contributed by atoms with E-state index in [4.69, 9.17) is 4.74 Å². The molecule has 2 nitrogen and oxygen atoms in total. The highest BCUT2D eigenvalue weighted by Crippen LogP contribution is 2.37. The van der Waals surface area contributed by atoms with Crippen molar-refractivity contribution in [2.24, 2.45) is 0 Å². The van der Waals surface area contributed by atoms with E-state index in [2.05, 4.69) is 0 Å². The molecule has 2 aromatic rings. The fourth-order valence-electron chi connectivity index (χ4n) is 1.89. The predicted octanol–water partition coefficient (Wildman–Crippen LogP) is 4.19. The van der Waals surface area contributed by atoms with E-state index in [0.717, 1.165) is 12.1 Å². The van der Waals surface area contributed by atoms with Crippen molar-refractivity contribution in [2.75, 3.05) is 7.11 Å². The van der Waals surface area contributed by atoms with Crippen LogP contribution in [-0.4, -0.2) is 13.4 Å². The highest BCUT2D eigenvalue weighted by molar-refractivity contribution is 5.80. The molecule has 0 saturated carbocycles. The van der Waals surface area contributed by atoms with Crippen LogP contribution in [0.15, 0.2) is 42.5 Å². The van der Waals surface area contributed by atoms with Crippen LogP contribution in [0.4, 0.5) is 13.2 Å². The molecule has 0 amide bonds. The van der Waals surface area contributed by atoms with Gasteiger partial charge in [-0.2, -0.15) is 13.2 Å². The summed E-state index contributed by atoms with van der Waals surface area (Å²) in [5, 5.41) is 0. The van der Waals surface area contributed by atoms with Crippen molar-refractivity contribution in [2.45, 2.75) is 6.18 Å². The van der Waals surface area contributed by atoms with E-state index in [0.29, 0.717) is 23.0 Å². The minimum atomic E-state index is -4.42. The smallest absolute Gasteiger partial charge is 0.416 e. The zero-order valence-electron chi connectivity index (χ0n) is 10.6. The van der Waals surface area contributed by atoms with Crippen LogP contribution in [0.2, 0.25) is 0 Å². The fourth-order valence-corrected chi connectivity index (χ4v) is 1.89. The van der Waals surface area contributed by atoms with Gasteiger partial charge in [0, 0.05) is 11.1 Å². The van der Waals surface area contributed by atoms with Crippen molar-refractivity contribution >= 4 is 6.29 Å². The molecule has 0 bridgehead atoms. The Kier molecular flexibility index (Phi) is 3.79. The van der Waals surface area contributed by atoms with E-state index < -0.39 is 11.7 Å². The van der Waals surface area contributed by atoms with Crippen molar-refractivity contribution in [3.63, 3.8) is 0 Å². The normalized spacial score (nSPS) is 11.2. The van der Waals surface area contributed by atoms with E-state index in [-0.39, 0.29) is 5.75 Å². The third kappa shape index (κ3) is 2.82. The Bertz CT molecular complexity index is 633. The van der Waals surface area contributed by atoms with Gasteiger partial charge >= 0.3 is 6.18 Å². The SMILES string of the molecule is COc1cc(C(F)(F)F)ccc1-c1cccc(C=O)c1. The number of ether oxygens (including phenoxy) is 1. The number of carbonyl (C=O) groups is 1. The average molecular weight is 280 g/mol. The third-order valence-electron chi connectivity index (χ3n) is 2.86. The molecule has 2 rings (SSSR count). The molecule has 0 spiro atoms. The van der Waals surface area contributed by atoms with Crippen molar-refractivity contribution in [1.29, 1.82) is 0 Å². The summed E-state index contributed by atoms with van der Waals surface area (Å²) in [4.78, 5) is 10.8. The summed E-state index contributed by atoms with van der Waals surface area (Å²) < 4.78 is 43.0. The van der Waals surface area contributed by atoms with Crippen molar-refractivity contribution in [1.82, 2.24) is 0 Å². The number of hydrogen-bond donors (Lipinski definition) is 0. The Morgan fingerprint density at radius 3 is 2.45 bits per heavy atom. The maximum absolute atomic E-state index is 12.7. The summed E-state index contributed by atoms with van der Waals surface area (Å²) >= 11 is 0. The summed E-state index contributed by atoms with van der Waals surface area (Å²) in [6.07, 6.45) is -3.74. The van der Waals surface area contributed by atoms with Crippen molar-refractivity contribution in [3.05, 3.63) is 53.6 Å². The topological polar surface area (TPSA) is 26.3 Å². The van der Waals surface area contributed by atoms with Crippen LogP contribution in [0.1, 0.15) is 15.9 Å². The van der Waals surface area contributed by atoms with E-state index >= 15 is 0 Å². The summed E-state index contributed by atoms with van der Waals surface area (Å²) in [5.41, 5.74) is 0.804. The molecule has 0 aliphatic heterocycles. The van der Waals surface area contributed by atoms with Crippen LogP contribution in [0.25, 0.3) is 11.1 Å². The van der Waals surface area contributed by atoms with E-state index in [1.165, 1.54) is 13.2 Å². The number of aldehydes is 1. The van der Waals surface area contributed by atoms with Gasteiger partial charge in [0.15, 0.2) is 0 Å². The molecule has 0 radical (unpaired) electrons. The number of halogens is 3. The number of benzene rings is 2. The number of hydrogen-bond acceptors (Lipinski definition) is 2. The van der Waals surface area contributed by atoms with Gasteiger partial charge in [-0.1, -0.05) is 24.3 Å². The Labute approximate surface area is 113 Å². The number of carbonyl (C=O) groups excluding carboxylic acids is 1. The van der Waals surface area contributed by atoms with Gasteiger partial charge < -0.3 is 4.74 Å². The fraction of sp³-hybridized carbons (Fsp3) is 0.133. The zero-order chi connectivity index (χ0) is 14.8. The van der Waals surface area contributed by atoms with Gasteiger partial charge in [-0.15, -0.1) is 0 Å². The largest absolute Gasteiger partial charge is 0.496 e.